The molecule has 0 aliphatic carbocycles. The highest BCUT2D eigenvalue weighted by Crippen LogP contribution is 2.47. The van der Waals surface area contributed by atoms with Crippen molar-refractivity contribution in [2.75, 3.05) is 0 Å². The number of thiazole rings is 1. The van der Waals surface area contributed by atoms with E-state index in [1.54, 1.807) is 11.3 Å². The van der Waals surface area contributed by atoms with E-state index in [2.05, 4.69) is 74.5 Å². The molecule has 0 saturated carbocycles. The summed E-state index contributed by atoms with van der Waals surface area (Å²) in [6.45, 7) is 4.27. The fraction of sp³-hybridized carbons (Fsp3) is 0.107. The molecule has 31 heavy (non-hydrogen) atoms. The molecule has 0 atom stereocenters. The summed E-state index contributed by atoms with van der Waals surface area (Å²) < 4.78 is 1.12. The summed E-state index contributed by atoms with van der Waals surface area (Å²) in [5, 5.41) is 12.5. The Labute approximate surface area is 186 Å². The third-order valence-electron chi connectivity index (χ3n) is 6.02. The van der Waals surface area contributed by atoms with Crippen LogP contribution >= 0.6 is 11.3 Å². The first-order valence-corrected chi connectivity index (χ1v) is 11.2. The van der Waals surface area contributed by atoms with Gasteiger partial charge in [-0.2, -0.15) is 0 Å². The number of aryl methyl sites for hydroxylation is 1. The Balaban J connectivity index is 1.78. The van der Waals surface area contributed by atoms with Gasteiger partial charge in [-0.1, -0.05) is 78.9 Å². The maximum absolute atomic E-state index is 11.6. The highest BCUT2D eigenvalue weighted by molar-refractivity contribution is 7.21. The van der Waals surface area contributed by atoms with Crippen molar-refractivity contribution in [2.24, 2.45) is 0 Å². The second kappa shape index (κ2) is 7.68. The van der Waals surface area contributed by atoms with Crippen molar-refractivity contribution in [2.45, 2.75) is 19.3 Å². The molecular formula is C28H23NOS. The van der Waals surface area contributed by atoms with Gasteiger partial charge < -0.3 is 5.11 Å². The molecule has 152 valence electrons. The topological polar surface area (TPSA) is 33.1 Å². The molecule has 0 aliphatic heterocycles. The predicted molar refractivity (Wildman–Crippen MR) is 130 cm³/mol. The molecule has 0 spiro atoms. The Morgan fingerprint density at radius 1 is 0.774 bits per heavy atom. The highest BCUT2D eigenvalue weighted by atomic mass is 32.1. The number of phenolic OH excluding ortho intramolecular Hbond substituents is 1. The van der Waals surface area contributed by atoms with Gasteiger partial charge in [0.25, 0.3) is 0 Å². The molecule has 1 N–H and O–H groups in total. The zero-order valence-electron chi connectivity index (χ0n) is 17.5. The smallest absolute Gasteiger partial charge is 0.130 e. The molecule has 1 aromatic heterocycles. The van der Waals surface area contributed by atoms with Gasteiger partial charge in [0.1, 0.15) is 10.8 Å². The lowest BCUT2D eigenvalue weighted by atomic mass is 9.70. The van der Waals surface area contributed by atoms with Crippen molar-refractivity contribution < 1.29 is 5.11 Å². The molecule has 4 aromatic carbocycles. The zero-order chi connectivity index (χ0) is 21.4. The van der Waals surface area contributed by atoms with E-state index in [0.29, 0.717) is 5.75 Å². The third kappa shape index (κ3) is 3.31. The quantitative estimate of drug-likeness (QED) is 0.308. The molecular weight excluding hydrogens is 398 g/mol. The van der Waals surface area contributed by atoms with Gasteiger partial charge in [-0.15, -0.1) is 11.3 Å². The van der Waals surface area contributed by atoms with Crippen LogP contribution in [0, 0.1) is 6.92 Å². The monoisotopic (exact) mass is 421 g/mol. The summed E-state index contributed by atoms with van der Waals surface area (Å²) in [5.41, 5.74) is 5.49. The summed E-state index contributed by atoms with van der Waals surface area (Å²) in [5.74, 6) is 0.292. The zero-order valence-corrected chi connectivity index (χ0v) is 18.4. The van der Waals surface area contributed by atoms with Crippen molar-refractivity contribution >= 4 is 21.6 Å². The number of phenols is 1. The highest BCUT2D eigenvalue weighted by Gasteiger charge is 2.35. The number of nitrogens with zero attached hydrogens (tertiary/aromatic N) is 1. The van der Waals surface area contributed by atoms with Crippen LogP contribution in [-0.2, 0) is 5.41 Å². The van der Waals surface area contributed by atoms with E-state index in [-0.39, 0.29) is 0 Å². The Bertz CT molecular complexity index is 1280. The maximum atomic E-state index is 11.6. The van der Waals surface area contributed by atoms with Crippen LogP contribution in [0.4, 0.5) is 0 Å². The van der Waals surface area contributed by atoms with Gasteiger partial charge in [0.05, 0.1) is 15.8 Å². The molecule has 0 unspecified atom stereocenters. The van der Waals surface area contributed by atoms with E-state index in [9.17, 15) is 5.11 Å². The molecule has 0 amide bonds. The summed E-state index contributed by atoms with van der Waals surface area (Å²) >= 11 is 1.61. The van der Waals surface area contributed by atoms with Crippen molar-refractivity contribution in [1.29, 1.82) is 0 Å². The van der Waals surface area contributed by atoms with Crippen molar-refractivity contribution in [3.05, 3.63) is 119 Å². The Kier molecular flexibility index (Phi) is 4.84. The number of benzene rings is 4. The fourth-order valence-electron chi connectivity index (χ4n) is 4.33. The van der Waals surface area contributed by atoms with Crippen LogP contribution in [0.15, 0.2) is 97.1 Å². The Morgan fingerprint density at radius 2 is 1.35 bits per heavy atom. The van der Waals surface area contributed by atoms with E-state index < -0.39 is 5.41 Å². The van der Waals surface area contributed by atoms with Crippen LogP contribution in [0.25, 0.3) is 20.8 Å². The van der Waals surface area contributed by atoms with Crippen LogP contribution in [-0.4, -0.2) is 10.1 Å². The maximum Gasteiger partial charge on any atom is 0.130 e. The van der Waals surface area contributed by atoms with E-state index in [1.807, 2.05) is 36.4 Å². The Hall–Kier alpha value is -3.43. The minimum atomic E-state index is -0.510. The van der Waals surface area contributed by atoms with E-state index in [0.717, 1.165) is 43.0 Å². The van der Waals surface area contributed by atoms with Gasteiger partial charge in [0, 0.05) is 11.0 Å². The number of rotatable bonds is 4. The second-order valence-corrected chi connectivity index (χ2v) is 9.08. The molecule has 5 aromatic rings. The molecule has 0 aliphatic rings. The molecule has 0 saturated heterocycles. The van der Waals surface area contributed by atoms with Gasteiger partial charge in [-0.25, -0.2) is 4.98 Å². The van der Waals surface area contributed by atoms with E-state index in [1.165, 1.54) is 0 Å². The predicted octanol–water partition coefficient (Wildman–Crippen LogP) is 7.33. The lowest BCUT2D eigenvalue weighted by Crippen LogP contribution is -2.25. The fourth-order valence-corrected chi connectivity index (χ4v) is 5.31. The van der Waals surface area contributed by atoms with Gasteiger partial charge in [-0.05, 0) is 48.7 Å². The first-order valence-electron chi connectivity index (χ1n) is 10.4. The van der Waals surface area contributed by atoms with Crippen molar-refractivity contribution in [3.63, 3.8) is 0 Å². The van der Waals surface area contributed by atoms with Crippen LogP contribution in [0.3, 0.4) is 0 Å². The number of para-hydroxylation sites is 1. The average molecular weight is 422 g/mol. The molecule has 2 nitrogen and oxygen atoms in total. The molecule has 1 heterocycles. The van der Waals surface area contributed by atoms with Crippen molar-refractivity contribution in [1.82, 2.24) is 4.98 Å². The number of aromatic nitrogens is 1. The standard InChI is InChI=1S/C28H23NOS/c1-19-17-22(27-29-24-15-9-10-16-25(24)31-27)26(30)23(18-19)28(2,20-11-5-3-6-12-20)21-13-7-4-8-14-21/h3-18,30H,1-2H3. The lowest BCUT2D eigenvalue weighted by molar-refractivity contribution is 0.459. The van der Waals surface area contributed by atoms with Crippen molar-refractivity contribution in [3.8, 4) is 16.3 Å². The van der Waals surface area contributed by atoms with Crippen LogP contribution < -0.4 is 0 Å². The molecule has 0 radical (unpaired) electrons. The average Bonchev–Trinajstić information content (AvgIpc) is 3.25. The molecule has 3 heteroatoms. The molecule has 5 rings (SSSR count). The van der Waals surface area contributed by atoms with Crippen LogP contribution in [0.5, 0.6) is 5.75 Å². The van der Waals surface area contributed by atoms with Crippen LogP contribution in [0.2, 0.25) is 0 Å². The normalized spacial score (nSPS) is 11.7. The SMILES string of the molecule is Cc1cc(-c2nc3ccccc3s2)c(O)c(C(C)(c2ccccc2)c2ccccc2)c1. The summed E-state index contributed by atoms with van der Waals surface area (Å²) in [7, 11) is 0. The largest absolute Gasteiger partial charge is 0.507 e. The third-order valence-corrected chi connectivity index (χ3v) is 7.09. The number of fused-ring (bicyclic) bond motifs is 1. The van der Waals surface area contributed by atoms with Gasteiger partial charge in [0.15, 0.2) is 0 Å². The first-order chi connectivity index (χ1) is 15.1. The first kappa shape index (κ1) is 19.5. The Morgan fingerprint density at radius 3 is 1.97 bits per heavy atom. The van der Waals surface area contributed by atoms with Crippen LogP contribution in [0.1, 0.15) is 29.2 Å². The lowest BCUT2D eigenvalue weighted by Gasteiger charge is -2.33. The number of aromatic hydroxyl groups is 1. The summed E-state index contributed by atoms with van der Waals surface area (Å²) in [6.07, 6.45) is 0. The molecule has 0 bridgehead atoms. The van der Waals surface area contributed by atoms with E-state index in [4.69, 9.17) is 4.98 Å². The summed E-state index contributed by atoms with van der Waals surface area (Å²) in [6, 6.07) is 33.0. The number of hydrogen-bond donors (Lipinski definition) is 1. The minimum Gasteiger partial charge on any atom is -0.507 e. The van der Waals surface area contributed by atoms with Gasteiger partial charge >= 0.3 is 0 Å². The minimum absolute atomic E-state index is 0.292. The van der Waals surface area contributed by atoms with E-state index >= 15 is 0 Å². The molecule has 0 fully saturated rings. The summed E-state index contributed by atoms with van der Waals surface area (Å²) in [4.78, 5) is 4.81. The van der Waals surface area contributed by atoms with Gasteiger partial charge in [0.2, 0.25) is 0 Å². The number of hydrogen-bond acceptors (Lipinski definition) is 3. The second-order valence-electron chi connectivity index (χ2n) is 8.05. The van der Waals surface area contributed by atoms with Gasteiger partial charge in [-0.3, -0.25) is 0 Å².